The molecule has 1 fully saturated rings. The maximum atomic E-state index is 13.1. The molecule has 0 aromatic heterocycles. The molecular weight excluding hydrogens is 436 g/mol. The zero-order valence-corrected chi connectivity index (χ0v) is 18.1. The quantitative estimate of drug-likeness (QED) is 0.626. The van der Waals surface area contributed by atoms with E-state index in [1.165, 1.54) is 29.3 Å². The van der Waals surface area contributed by atoms with E-state index in [-0.39, 0.29) is 18.1 Å². The molecule has 9 heteroatoms. The van der Waals surface area contributed by atoms with Crippen LogP contribution >= 0.6 is 0 Å². The summed E-state index contributed by atoms with van der Waals surface area (Å²) in [6.07, 6.45) is -2.33. The lowest BCUT2D eigenvalue weighted by molar-refractivity contribution is -0.137. The molecule has 2 heterocycles. The average Bonchev–Trinajstić information content (AvgIpc) is 2.79. The van der Waals surface area contributed by atoms with E-state index < -0.39 is 11.7 Å². The third kappa shape index (κ3) is 5.60. The van der Waals surface area contributed by atoms with Gasteiger partial charge in [-0.3, -0.25) is 9.69 Å². The van der Waals surface area contributed by atoms with Gasteiger partial charge in [0.25, 0.3) is 0 Å². The third-order valence-corrected chi connectivity index (χ3v) is 5.82. The first-order valence-electron chi connectivity index (χ1n) is 10.7. The van der Waals surface area contributed by atoms with Crippen LogP contribution in [0.2, 0.25) is 0 Å². The molecule has 0 radical (unpaired) electrons. The first-order chi connectivity index (χ1) is 15.7. The molecule has 0 spiro atoms. The molecule has 2 aliphatic heterocycles. The maximum absolute atomic E-state index is 13.1. The Morgan fingerprint density at radius 2 is 1.73 bits per heavy atom. The van der Waals surface area contributed by atoms with Crippen LogP contribution in [0, 0.1) is 5.82 Å². The summed E-state index contributed by atoms with van der Waals surface area (Å²) >= 11 is 0. The van der Waals surface area contributed by atoms with Crippen molar-refractivity contribution in [3.63, 3.8) is 0 Å². The monoisotopic (exact) mass is 460 g/mol. The van der Waals surface area contributed by atoms with Crippen LogP contribution in [0.25, 0.3) is 6.08 Å². The van der Waals surface area contributed by atoms with Crippen LogP contribution in [-0.4, -0.2) is 54.4 Å². The molecule has 0 unspecified atom stereocenters. The summed E-state index contributed by atoms with van der Waals surface area (Å²) in [5.74, 6) is -0.448. The van der Waals surface area contributed by atoms with Gasteiger partial charge in [0.05, 0.1) is 24.4 Å². The lowest BCUT2D eigenvalue weighted by Crippen LogP contribution is -2.50. The maximum Gasteiger partial charge on any atom is 0.416 e. The number of alkyl halides is 3. The smallest absolute Gasteiger partial charge is 0.369 e. The second kappa shape index (κ2) is 9.35. The molecule has 33 heavy (non-hydrogen) atoms. The number of carbonyl (C=O) groups excluding carboxylic acids is 1. The largest absolute Gasteiger partial charge is 0.416 e. The molecule has 2 aromatic rings. The van der Waals surface area contributed by atoms with Crippen LogP contribution in [0.15, 0.2) is 59.2 Å². The molecule has 0 atom stereocenters. The summed E-state index contributed by atoms with van der Waals surface area (Å²) in [4.78, 5) is 16.6. The number of piperazine rings is 1. The molecule has 1 amide bonds. The Labute approximate surface area is 189 Å². The topological polar surface area (TPSA) is 39.1 Å². The number of anilines is 1. The molecule has 5 nitrogen and oxygen atoms in total. The second-order valence-corrected chi connectivity index (χ2v) is 8.17. The molecule has 0 saturated carbocycles. The van der Waals surface area contributed by atoms with Crippen molar-refractivity contribution in [2.75, 3.05) is 37.7 Å². The van der Waals surface area contributed by atoms with Gasteiger partial charge in [0.2, 0.25) is 5.91 Å². The lowest BCUT2D eigenvalue weighted by Gasteiger charge is -2.38. The van der Waals surface area contributed by atoms with Gasteiger partial charge < -0.3 is 4.90 Å². The van der Waals surface area contributed by atoms with Crippen LogP contribution in [0.3, 0.4) is 0 Å². The minimum Gasteiger partial charge on any atom is -0.369 e. The highest BCUT2D eigenvalue weighted by Crippen LogP contribution is 2.32. The predicted octanol–water partition coefficient (Wildman–Crippen LogP) is 4.62. The van der Waals surface area contributed by atoms with Gasteiger partial charge in [-0.2, -0.15) is 18.3 Å². The zero-order chi connectivity index (χ0) is 23.6. The Bertz CT molecular complexity index is 1070. The summed E-state index contributed by atoms with van der Waals surface area (Å²) in [5.41, 5.74) is 2.20. The first-order valence-corrected chi connectivity index (χ1v) is 10.7. The summed E-state index contributed by atoms with van der Waals surface area (Å²) in [7, 11) is 0. The van der Waals surface area contributed by atoms with E-state index >= 15 is 0 Å². The highest BCUT2D eigenvalue weighted by molar-refractivity contribution is 6.08. The molecule has 2 aromatic carbocycles. The van der Waals surface area contributed by atoms with Crippen LogP contribution in [-0.2, 0) is 11.0 Å². The highest BCUT2D eigenvalue weighted by atomic mass is 19.4. The van der Waals surface area contributed by atoms with Crippen molar-refractivity contribution in [2.45, 2.75) is 19.5 Å². The number of nitrogens with zero attached hydrogens (tertiary/aromatic N) is 4. The summed E-state index contributed by atoms with van der Waals surface area (Å²) < 4.78 is 52.1. The van der Waals surface area contributed by atoms with E-state index in [1.807, 2.05) is 17.9 Å². The number of hydrogen-bond donors (Lipinski definition) is 0. The minimum atomic E-state index is -4.37. The Hall–Kier alpha value is -3.20. The summed E-state index contributed by atoms with van der Waals surface area (Å²) in [6, 6.07) is 11.4. The molecular formula is C24H24F4N4O. The fraction of sp³-hybridized carbons (Fsp3) is 0.333. The highest BCUT2D eigenvalue weighted by Gasteiger charge is 2.31. The van der Waals surface area contributed by atoms with E-state index in [9.17, 15) is 22.4 Å². The standard InChI is InChI=1S/C24H24F4N4O/c1-17-19(13-18-5-7-21(25)8-6-18)14-23(33)32(29-17)16-30-9-11-31(12-10-30)22-4-2-3-20(15-22)24(26,27)28/h2-8,13,15H,9-12,14,16H2,1H3/b19-13-. The molecule has 2 aliphatic rings. The average molecular weight is 460 g/mol. The normalized spacial score (nSPS) is 19.2. The van der Waals surface area contributed by atoms with Gasteiger partial charge in [0.1, 0.15) is 5.82 Å². The van der Waals surface area contributed by atoms with Gasteiger partial charge in [-0.15, -0.1) is 0 Å². The van der Waals surface area contributed by atoms with Crippen LogP contribution < -0.4 is 4.90 Å². The van der Waals surface area contributed by atoms with Crippen molar-refractivity contribution in [2.24, 2.45) is 5.10 Å². The molecule has 0 aliphatic carbocycles. The molecule has 1 saturated heterocycles. The van der Waals surface area contributed by atoms with Crippen molar-refractivity contribution in [1.82, 2.24) is 9.91 Å². The van der Waals surface area contributed by atoms with Gasteiger partial charge in [-0.05, 0) is 54.5 Å². The van der Waals surface area contributed by atoms with Crippen molar-refractivity contribution in [3.8, 4) is 0 Å². The second-order valence-electron chi connectivity index (χ2n) is 8.17. The number of hydrogen-bond acceptors (Lipinski definition) is 4. The van der Waals surface area contributed by atoms with Crippen molar-refractivity contribution in [1.29, 1.82) is 0 Å². The van der Waals surface area contributed by atoms with E-state index in [2.05, 4.69) is 10.0 Å². The number of benzene rings is 2. The van der Waals surface area contributed by atoms with E-state index in [1.54, 1.807) is 18.2 Å². The third-order valence-electron chi connectivity index (χ3n) is 5.82. The summed E-state index contributed by atoms with van der Waals surface area (Å²) in [5, 5.41) is 5.89. The lowest BCUT2D eigenvalue weighted by atomic mass is 10.0. The van der Waals surface area contributed by atoms with Gasteiger partial charge in [-0.1, -0.05) is 18.2 Å². The fourth-order valence-electron chi connectivity index (χ4n) is 3.93. The predicted molar refractivity (Wildman–Crippen MR) is 119 cm³/mol. The minimum absolute atomic E-state index is 0.130. The Morgan fingerprint density at radius 3 is 2.39 bits per heavy atom. The van der Waals surface area contributed by atoms with Crippen LogP contribution in [0.5, 0.6) is 0 Å². The van der Waals surface area contributed by atoms with Gasteiger partial charge >= 0.3 is 6.18 Å². The molecule has 4 rings (SSSR count). The zero-order valence-electron chi connectivity index (χ0n) is 18.1. The van der Waals surface area contributed by atoms with Gasteiger partial charge in [-0.25, -0.2) is 9.40 Å². The van der Waals surface area contributed by atoms with Gasteiger partial charge in [0, 0.05) is 31.9 Å². The van der Waals surface area contributed by atoms with E-state index in [0.717, 1.165) is 22.9 Å². The van der Waals surface area contributed by atoms with E-state index in [4.69, 9.17) is 0 Å². The van der Waals surface area contributed by atoms with E-state index in [0.29, 0.717) is 38.5 Å². The first kappa shape index (κ1) is 23.0. The Balaban J connectivity index is 1.36. The number of amides is 1. The van der Waals surface area contributed by atoms with Gasteiger partial charge in [0.15, 0.2) is 0 Å². The SMILES string of the molecule is CC1=NN(CN2CCN(c3cccc(C(F)(F)F)c3)CC2)C(=O)C/C1=C/c1ccc(F)cc1. The Kier molecular flexibility index (Phi) is 6.51. The van der Waals surface area contributed by atoms with Crippen molar-refractivity contribution in [3.05, 3.63) is 71.0 Å². The number of rotatable bonds is 4. The Morgan fingerprint density at radius 1 is 1.03 bits per heavy atom. The van der Waals surface area contributed by atoms with Crippen LogP contribution in [0.1, 0.15) is 24.5 Å². The van der Waals surface area contributed by atoms with Crippen LogP contribution in [0.4, 0.5) is 23.2 Å². The fourth-order valence-corrected chi connectivity index (χ4v) is 3.93. The number of halogens is 4. The number of hydrazone groups is 1. The molecule has 0 N–H and O–H groups in total. The van der Waals surface area contributed by atoms with Crippen molar-refractivity contribution >= 4 is 23.4 Å². The van der Waals surface area contributed by atoms with Crippen molar-refractivity contribution < 1.29 is 22.4 Å². The molecule has 0 bridgehead atoms. The number of carbonyl (C=O) groups is 1. The summed E-state index contributed by atoms with van der Waals surface area (Å²) in [6.45, 7) is 4.49. The molecule has 174 valence electrons.